The third-order valence-corrected chi connectivity index (χ3v) is 3.71. The van der Waals surface area contributed by atoms with Crippen molar-refractivity contribution in [1.29, 1.82) is 0 Å². The number of nitrogens with one attached hydrogen (secondary N) is 2. The largest absolute Gasteiger partial charge is 0.418 e. The van der Waals surface area contributed by atoms with Gasteiger partial charge in [-0.25, -0.2) is 9.37 Å². The standard InChI is InChI=1S/C13H14ClF4N3O/c1-6-9(15)3-10(21-6)12(22)20-4-7-2-11(14)19-5-8(7)13(16,17)18/h2,5-6,9-10,21H,3-4H2,1H3,(H,20,22)/t6-,9+,10-/m0/s1. The normalized spacial score (nSPS) is 25.3. The molecule has 0 spiro atoms. The molecule has 1 aromatic heterocycles. The Morgan fingerprint density at radius 2 is 2.23 bits per heavy atom. The first-order valence-corrected chi connectivity index (χ1v) is 6.95. The Balaban J connectivity index is 2.05. The number of alkyl halides is 4. The zero-order valence-electron chi connectivity index (χ0n) is 11.5. The first-order valence-electron chi connectivity index (χ1n) is 6.58. The van der Waals surface area contributed by atoms with Crippen LogP contribution < -0.4 is 10.6 Å². The Morgan fingerprint density at radius 1 is 1.55 bits per heavy atom. The fourth-order valence-corrected chi connectivity index (χ4v) is 2.46. The number of carbonyl (C=O) groups excluding carboxylic acids is 1. The minimum Gasteiger partial charge on any atom is -0.351 e. The molecule has 122 valence electrons. The first-order chi connectivity index (χ1) is 10.2. The van der Waals surface area contributed by atoms with Gasteiger partial charge >= 0.3 is 6.18 Å². The van der Waals surface area contributed by atoms with Gasteiger partial charge in [0.15, 0.2) is 0 Å². The van der Waals surface area contributed by atoms with Crippen LogP contribution in [0.3, 0.4) is 0 Å². The molecule has 1 aliphatic heterocycles. The summed E-state index contributed by atoms with van der Waals surface area (Å²) in [7, 11) is 0. The lowest BCUT2D eigenvalue weighted by Gasteiger charge is -2.15. The molecule has 2 rings (SSSR count). The average Bonchev–Trinajstić information content (AvgIpc) is 2.75. The molecule has 1 fully saturated rings. The summed E-state index contributed by atoms with van der Waals surface area (Å²) in [6.45, 7) is 1.24. The summed E-state index contributed by atoms with van der Waals surface area (Å²) in [6.07, 6.45) is -5.13. The van der Waals surface area contributed by atoms with E-state index in [4.69, 9.17) is 11.6 Å². The van der Waals surface area contributed by atoms with Crippen LogP contribution >= 0.6 is 11.6 Å². The minimum atomic E-state index is -4.60. The SMILES string of the molecule is C[C@@H]1N[C@H](C(=O)NCc2cc(Cl)ncc2C(F)(F)F)C[C@H]1F. The summed E-state index contributed by atoms with van der Waals surface area (Å²) in [6, 6.07) is -0.165. The van der Waals surface area contributed by atoms with Crippen molar-refractivity contribution >= 4 is 17.5 Å². The molecule has 0 bridgehead atoms. The van der Waals surface area contributed by atoms with E-state index in [1.54, 1.807) is 6.92 Å². The van der Waals surface area contributed by atoms with Crippen molar-refractivity contribution < 1.29 is 22.4 Å². The number of pyridine rings is 1. The van der Waals surface area contributed by atoms with Gasteiger partial charge in [-0.1, -0.05) is 11.6 Å². The van der Waals surface area contributed by atoms with E-state index in [0.717, 1.165) is 6.07 Å². The molecule has 1 amide bonds. The molecule has 1 saturated heterocycles. The smallest absolute Gasteiger partial charge is 0.351 e. The summed E-state index contributed by atoms with van der Waals surface area (Å²) in [5.74, 6) is -0.548. The number of nitrogens with zero attached hydrogens (tertiary/aromatic N) is 1. The summed E-state index contributed by atoms with van der Waals surface area (Å²) >= 11 is 5.59. The predicted octanol–water partition coefficient (Wildman–Crippen LogP) is 2.46. The van der Waals surface area contributed by atoms with Crippen molar-refractivity contribution in [3.05, 3.63) is 28.5 Å². The van der Waals surface area contributed by atoms with Gasteiger partial charge in [0.25, 0.3) is 0 Å². The van der Waals surface area contributed by atoms with Gasteiger partial charge in [0.05, 0.1) is 11.6 Å². The number of hydrogen-bond donors (Lipinski definition) is 2. The van der Waals surface area contributed by atoms with Crippen molar-refractivity contribution in [1.82, 2.24) is 15.6 Å². The van der Waals surface area contributed by atoms with Gasteiger partial charge in [-0.2, -0.15) is 13.2 Å². The van der Waals surface area contributed by atoms with E-state index < -0.39 is 35.9 Å². The molecule has 2 N–H and O–H groups in total. The fraction of sp³-hybridized carbons (Fsp3) is 0.538. The van der Waals surface area contributed by atoms with Crippen LogP contribution in [0.5, 0.6) is 0 Å². The summed E-state index contributed by atoms with van der Waals surface area (Å²) < 4.78 is 51.9. The molecule has 9 heteroatoms. The maximum atomic E-state index is 13.3. The molecule has 4 nitrogen and oxygen atoms in total. The van der Waals surface area contributed by atoms with Crippen molar-refractivity contribution in [3.8, 4) is 0 Å². The maximum Gasteiger partial charge on any atom is 0.418 e. The van der Waals surface area contributed by atoms with Crippen LogP contribution in [0.15, 0.2) is 12.3 Å². The van der Waals surface area contributed by atoms with E-state index in [9.17, 15) is 22.4 Å². The van der Waals surface area contributed by atoms with E-state index >= 15 is 0 Å². The average molecular weight is 340 g/mol. The van der Waals surface area contributed by atoms with Crippen molar-refractivity contribution in [3.63, 3.8) is 0 Å². The highest BCUT2D eigenvalue weighted by Gasteiger charge is 2.36. The number of hydrogen-bond acceptors (Lipinski definition) is 3. The summed E-state index contributed by atoms with van der Waals surface area (Å²) in [5.41, 5.74) is -1.16. The zero-order valence-corrected chi connectivity index (χ0v) is 12.3. The number of aromatic nitrogens is 1. The maximum absolute atomic E-state index is 13.3. The number of carbonyl (C=O) groups is 1. The van der Waals surface area contributed by atoms with Crippen LogP contribution in [0.4, 0.5) is 17.6 Å². The van der Waals surface area contributed by atoms with Gasteiger partial charge in [0, 0.05) is 25.2 Å². The second-order valence-electron chi connectivity index (χ2n) is 5.14. The van der Waals surface area contributed by atoms with Crippen LogP contribution in [0, 0.1) is 0 Å². The molecule has 1 aliphatic rings. The molecule has 1 aromatic rings. The number of rotatable bonds is 3. The van der Waals surface area contributed by atoms with Crippen LogP contribution in [0.25, 0.3) is 0 Å². The highest BCUT2D eigenvalue weighted by molar-refractivity contribution is 6.29. The van der Waals surface area contributed by atoms with Crippen molar-refractivity contribution in [2.24, 2.45) is 0 Å². The topological polar surface area (TPSA) is 54.0 Å². The summed E-state index contributed by atoms with van der Waals surface area (Å²) in [5, 5.41) is 5.01. The predicted molar refractivity (Wildman–Crippen MR) is 72.0 cm³/mol. The van der Waals surface area contributed by atoms with E-state index in [0.29, 0.717) is 6.20 Å². The van der Waals surface area contributed by atoms with Crippen LogP contribution in [-0.4, -0.2) is 29.1 Å². The van der Waals surface area contributed by atoms with Crippen molar-refractivity contribution in [2.75, 3.05) is 0 Å². The Bertz CT molecular complexity index is 557. The molecule has 2 heterocycles. The quantitative estimate of drug-likeness (QED) is 0.657. The highest BCUT2D eigenvalue weighted by atomic mass is 35.5. The monoisotopic (exact) mass is 339 g/mol. The number of amides is 1. The minimum absolute atomic E-state index is 0.00374. The second kappa shape index (κ2) is 6.37. The lowest BCUT2D eigenvalue weighted by Crippen LogP contribution is -2.42. The van der Waals surface area contributed by atoms with E-state index in [2.05, 4.69) is 15.6 Å². The molecule has 0 aromatic carbocycles. The number of halogens is 5. The fourth-order valence-electron chi connectivity index (χ4n) is 2.28. The lowest BCUT2D eigenvalue weighted by molar-refractivity contribution is -0.138. The Hall–Kier alpha value is -1.41. The third-order valence-electron chi connectivity index (χ3n) is 3.50. The van der Waals surface area contributed by atoms with Gasteiger partial charge in [-0.3, -0.25) is 4.79 Å². The highest BCUT2D eigenvalue weighted by Crippen LogP contribution is 2.32. The van der Waals surface area contributed by atoms with Gasteiger partial charge in [-0.15, -0.1) is 0 Å². The Labute approximate surface area is 129 Å². The molecule has 0 radical (unpaired) electrons. The molecule has 0 aliphatic carbocycles. The van der Waals surface area contributed by atoms with Gasteiger partial charge in [-0.05, 0) is 18.6 Å². The molecule has 22 heavy (non-hydrogen) atoms. The van der Waals surface area contributed by atoms with E-state index in [1.807, 2.05) is 0 Å². The van der Waals surface area contributed by atoms with E-state index in [1.165, 1.54) is 0 Å². The molecule has 3 atom stereocenters. The van der Waals surface area contributed by atoms with Crippen molar-refractivity contribution in [2.45, 2.75) is 44.3 Å². The Kier molecular flexibility index (Phi) is 4.91. The van der Waals surface area contributed by atoms with Gasteiger partial charge < -0.3 is 10.6 Å². The second-order valence-corrected chi connectivity index (χ2v) is 5.53. The van der Waals surface area contributed by atoms with E-state index in [-0.39, 0.29) is 23.7 Å². The molecule has 0 unspecified atom stereocenters. The van der Waals surface area contributed by atoms with Gasteiger partial charge in [0.2, 0.25) is 5.91 Å². The van der Waals surface area contributed by atoms with Crippen LogP contribution in [0.2, 0.25) is 5.15 Å². The zero-order chi connectivity index (χ0) is 16.5. The lowest BCUT2D eigenvalue weighted by atomic mass is 10.1. The van der Waals surface area contributed by atoms with Crippen LogP contribution in [0.1, 0.15) is 24.5 Å². The first kappa shape index (κ1) is 17.0. The third kappa shape index (κ3) is 3.86. The Morgan fingerprint density at radius 3 is 2.77 bits per heavy atom. The van der Waals surface area contributed by atoms with Crippen LogP contribution in [-0.2, 0) is 17.5 Å². The molecular formula is C13H14ClF4N3O. The molecular weight excluding hydrogens is 326 g/mol. The van der Waals surface area contributed by atoms with Gasteiger partial charge in [0.1, 0.15) is 11.3 Å². The molecule has 0 saturated carbocycles. The summed E-state index contributed by atoms with van der Waals surface area (Å²) in [4.78, 5) is 15.3.